The molecule has 0 radical (unpaired) electrons. The van der Waals surface area contributed by atoms with Gasteiger partial charge in [-0.25, -0.2) is 13.1 Å². The second-order valence-corrected chi connectivity index (χ2v) is 8.10. The lowest BCUT2D eigenvalue weighted by molar-refractivity contribution is 0.0954. The fraction of sp³-hybridized carbons (Fsp3) is 0.235. The number of amides is 1. The van der Waals surface area contributed by atoms with Gasteiger partial charge in [0.1, 0.15) is 0 Å². The number of aryl methyl sites for hydroxylation is 2. The van der Waals surface area contributed by atoms with Crippen LogP contribution >= 0.6 is 23.2 Å². The van der Waals surface area contributed by atoms with Crippen molar-refractivity contribution in [2.24, 2.45) is 0 Å². The Labute approximate surface area is 157 Å². The molecule has 5 nitrogen and oxygen atoms in total. The summed E-state index contributed by atoms with van der Waals surface area (Å²) in [5, 5.41) is 3.27. The Morgan fingerprint density at radius 3 is 2.36 bits per heavy atom. The smallest absolute Gasteiger partial charge is 0.251 e. The second kappa shape index (κ2) is 8.19. The van der Waals surface area contributed by atoms with Gasteiger partial charge in [-0.3, -0.25) is 4.79 Å². The topological polar surface area (TPSA) is 75.3 Å². The highest BCUT2D eigenvalue weighted by atomic mass is 35.5. The molecule has 0 bridgehead atoms. The van der Waals surface area contributed by atoms with Gasteiger partial charge < -0.3 is 5.32 Å². The third kappa shape index (κ3) is 5.19. The highest BCUT2D eigenvalue weighted by Gasteiger charge is 2.16. The van der Waals surface area contributed by atoms with Crippen LogP contribution in [0.1, 0.15) is 21.5 Å². The van der Waals surface area contributed by atoms with Gasteiger partial charge in [0.05, 0.1) is 14.9 Å². The Morgan fingerprint density at radius 2 is 1.72 bits per heavy atom. The number of nitrogens with one attached hydrogen (secondary N) is 2. The molecule has 134 valence electrons. The number of sulfonamides is 1. The van der Waals surface area contributed by atoms with E-state index in [0.717, 1.165) is 5.56 Å². The first-order valence-electron chi connectivity index (χ1n) is 7.51. The van der Waals surface area contributed by atoms with E-state index in [1.807, 2.05) is 6.92 Å². The molecule has 0 aliphatic rings. The molecule has 1 amide bonds. The normalized spacial score (nSPS) is 11.4. The number of benzene rings is 2. The quantitative estimate of drug-likeness (QED) is 0.730. The zero-order valence-electron chi connectivity index (χ0n) is 13.8. The molecule has 2 rings (SSSR count). The molecule has 2 aromatic rings. The number of rotatable bonds is 6. The Kier molecular flexibility index (Phi) is 6.46. The van der Waals surface area contributed by atoms with E-state index in [1.165, 1.54) is 12.1 Å². The standard InChI is InChI=1S/C17H18Cl2N2O3S/c1-11-3-6-16(12(2)9-11)25(23,24)21-8-7-20-17(22)13-4-5-14(18)15(19)10-13/h3-6,9-10,21H,7-8H2,1-2H3,(H,20,22). The summed E-state index contributed by atoms with van der Waals surface area (Å²) in [6, 6.07) is 9.65. The molecular formula is C17H18Cl2N2O3S. The van der Waals surface area contributed by atoms with Crippen molar-refractivity contribution in [3.63, 3.8) is 0 Å². The van der Waals surface area contributed by atoms with Crippen molar-refractivity contribution in [1.82, 2.24) is 10.0 Å². The zero-order valence-corrected chi connectivity index (χ0v) is 16.1. The van der Waals surface area contributed by atoms with Crippen molar-refractivity contribution in [3.05, 3.63) is 63.1 Å². The van der Waals surface area contributed by atoms with Gasteiger partial charge in [-0.1, -0.05) is 40.9 Å². The number of halogens is 2. The van der Waals surface area contributed by atoms with E-state index in [0.29, 0.717) is 16.1 Å². The monoisotopic (exact) mass is 400 g/mol. The third-order valence-electron chi connectivity index (χ3n) is 3.50. The van der Waals surface area contributed by atoms with E-state index in [2.05, 4.69) is 10.0 Å². The molecule has 0 fully saturated rings. The highest BCUT2D eigenvalue weighted by molar-refractivity contribution is 7.89. The largest absolute Gasteiger partial charge is 0.351 e. The fourth-order valence-electron chi connectivity index (χ4n) is 2.28. The lowest BCUT2D eigenvalue weighted by Gasteiger charge is -2.11. The van der Waals surface area contributed by atoms with E-state index < -0.39 is 10.0 Å². The molecule has 25 heavy (non-hydrogen) atoms. The minimum atomic E-state index is -3.62. The van der Waals surface area contributed by atoms with E-state index in [4.69, 9.17) is 23.2 Å². The van der Waals surface area contributed by atoms with Gasteiger partial charge in [-0.05, 0) is 43.7 Å². The molecule has 2 aromatic carbocycles. The van der Waals surface area contributed by atoms with Crippen molar-refractivity contribution in [1.29, 1.82) is 0 Å². The lowest BCUT2D eigenvalue weighted by Crippen LogP contribution is -2.34. The summed E-state index contributed by atoms with van der Waals surface area (Å²) in [6.45, 7) is 3.86. The summed E-state index contributed by atoms with van der Waals surface area (Å²) in [7, 11) is -3.62. The third-order valence-corrected chi connectivity index (χ3v) is 5.86. The van der Waals surface area contributed by atoms with Crippen LogP contribution in [-0.2, 0) is 10.0 Å². The number of hydrogen-bond donors (Lipinski definition) is 2. The van der Waals surface area contributed by atoms with Crippen LogP contribution in [0.3, 0.4) is 0 Å². The minimum absolute atomic E-state index is 0.0721. The van der Waals surface area contributed by atoms with Crippen LogP contribution in [0.5, 0.6) is 0 Å². The molecule has 0 aliphatic carbocycles. The summed E-state index contributed by atoms with van der Waals surface area (Å²) in [4.78, 5) is 12.2. The number of carbonyl (C=O) groups excluding carboxylic acids is 1. The van der Waals surface area contributed by atoms with Crippen molar-refractivity contribution in [2.75, 3.05) is 13.1 Å². The number of carbonyl (C=O) groups is 1. The molecule has 0 aliphatic heterocycles. The molecule has 0 aromatic heterocycles. The van der Waals surface area contributed by atoms with E-state index in [-0.39, 0.29) is 28.9 Å². The lowest BCUT2D eigenvalue weighted by atomic mass is 10.2. The van der Waals surface area contributed by atoms with Crippen LogP contribution in [0.4, 0.5) is 0 Å². The Hall–Kier alpha value is -1.60. The van der Waals surface area contributed by atoms with Crippen molar-refractivity contribution in [2.45, 2.75) is 18.7 Å². The predicted molar refractivity (Wildman–Crippen MR) is 99.9 cm³/mol. The first kappa shape index (κ1) is 19.7. The first-order chi connectivity index (χ1) is 11.7. The van der Waals surface area contributed by atoms with Gasteiger partial charge in [-0.2, -0.15) is 0 Å². The van der Waals surface area contributed by atoms with Crippen LogP contribution in [0, 0.1) is 13.8 Å². The summed E-state index contributed by atoms with van der Waals surface area (Å²) in [5.41, 5.74) is 2.02. The van der Waals surface area contributed by atoms with Gasteiger partial charge in [0, 0.05) is 18.7 Å². The van der Waals surface area contributed by atoms with Crippen molar-refractivity contribution >= 4 is 39.1 Å². The molecule has 0 atom stereocenters. The van der Waals surface area contributed by atoms with Crippen LogP contribution < -0.4 is 10.0 Å². The Balaban J connectivity index is 1.91. The molecule has 0 saturated carbocycles. The summed E-state index contributed by atoms with van der Waals surface area (Å²) in [6.07, 6.45) is 0. The summed E-state index contributed by atoms with van der Waals surface area (Å²) >= 11 is 11.7. The maximum Gasteiger partial charge on any atom is 0.251 e. The molecule has 0 unspecified atom stereocenters. The van der Waals surface area contributed by atoms with Gasteiger partial charge >= 0.3 is 0 Å². The van der Waals surface area contributed by atoms with Crippen LogP contribution in [0.15, 0.2) is 41.3 Å². The van der Waals surface area contributed by atoms with Gasteiger partial charge in [0.25, 0.3) is 5.91 Å². The average Bonchev–Trinajstić information content (AvgIpc) is 2.53. The van der Waals surface area contributed by atoms with Crippen molar-refractivity contribution < 1.29 is 13.2 Å². The van der Waals surface area contributed by atoms with Gasteiger partial charge in [-0.15, -0.1) is 0 Å². The first-order valence-corrected chi connectivity index (χ1v) is 9.75. The maximum absolute atomic E-state index is 12.3. The summed E-state index contributed by atoms with van der Waals surface area (Å²) in [5.74, 6) is -0.357. The van der Waals surface area contributed by atoms with Gasteiger partial charge in [0.15, 0.2) is 0 Å². The zero-order chi connectivity index (χ0) is 18.6. The molecule has 0 heterocycles. The highest BCUT2D eigenvalue weighted by Crippen LogP contribution is 2.22. The average molecular weight is 401 g/mol. The molecule has 2 N–H and O–H groups in total. The second-order valence-electron chi connectivity index (χ2n) is 5.55. The molecule has 0 saturated heterocycles. The Morgan fingerprint density at radius 1 is 1.00 bits per heavy atom. The van der Waals surface area contributed by atoms with E-state index >= 15 is 0 Å². The Bertz CT molecular complexity index is 899. The summed E-state index contributed by atoms with van der Waals surface area (Å²) < 4.78 is 27.1. The number of hydrogen-bond acceptors (Lipinski definition) is 3. The molecule has 8 heteroatoms. The van der Waals surface area contributed by atoms with Gasteiger partial charge in [0.2, 0.25) is 10.0 Å². The molecular weight excluding hydrogens is 383 g/mol. The van der Waals surface area contributed by atoms with Crippen molar-refractivity contribution in [3.8, 4) is 0 Å². The molecule has 0 spiro atoms. The van der Waals surface area contributed by atoms with E-state index in [9.17, 15) is 13.2 Å². The predicted octanol–water partition coefficient (Wildman–Crippen LogP) is 3.32. The SMILES string of the molecule is Cc1ccc(S(=O)(=O)NCCNC(=O)c2ccc(Cl)c(Cl)c2)c(C)c1. The fourth-order valence-corrected chi connectivity index (χ4v) is 3.83. The maximum atomic E-state index is 12.3. The van der Waals surface area contributed by atoms with Crippen LogP contribution in [0.2, 0.25) is 10.0 Å². The van der Waals surface area contributed by atoms with Crippen LogP contribution in [0.25, 0.3) is 0 Å². The van der Waals surface area contributed by atoms with Crippen LogP contribution in [-0.4, -0.2) is 27.4 Å². The minimum Gasteiger partial charge on any atom is -0.351 e. The van der Waals surface area contributed by atoms with E-state index in [1.54, 1.807) is 31.2 Å².